The van der Waals surface area contributed by atoms with Crippen LogP contribution in [0.3, 0.4) is 0 Å². The maximum atomic E-state index is 10.3. The molecule has 1 heterocycles. The molecule has 1 fully saturated rings. The molecule has 0 bridgehead atoms. The van der Waals surface area contributed by atoms with Crippen molar-refractivity contribution < 1.29 is 4.92 Å². The first-order valence-electron chi connectivity index (χ1n) is 4.06. The first-order valence-corrected chi connectivity index (χ1v) is 4.06. The molecule has 64 valence electrons. The van der Waals surface area contributed by atoms with Crippen molar-refractivity contribution in [3.05, 3.63) is 10.1 Å². The molecule has 4 nitrogen and oxygen atoms in total. The number of nitro groups is 1. The maximum absolute atomic E-state index is 10.3. The van der Waals surface area contributed by atoms with Crippen LogP contribution in [-0.2, 0) is 0 Å². The summed E-state index contributed by atoms with van der Waals surface area (Å²) in [7, 11) is 0. The van der Waals surface area contributed by atoms with E-state index in [4.69, 9.17) is 0 Å². The molecule has 0 saturated carbocycles. The van der Waals surface area contributed by atoms with Crippen molar-refractivity contribution in [3.63, 3.8) is 0 Å². The van der Waals surface area contributed by atoms with Gasteiger partial charge in [0.05, 0.1) is 6.54 Å². The summed E-state index contributed by atoms with van der Waals surface area (Å²) in [4.78, 5) is 12.2. The molecule has 0 spiro atoms. The van der Waals surface area contributed by atoms with Crippen molar-refractivity contribution in [3.8, 4) is 0 Å². The quantitative estimate of drug-likeness (QED) is 0.449. The third kappa shape index (κ3) is 2.46. The molecule has 1 unspecified atom stereocenters. The van der Waals surface area contributed by atoms with Crippen LogP contribution in [-0.4, -0.2) is 35.5 Å². The van der Waals surface area contributed by atoms with Gasteiger partial charge in [-0.3, -0.25) is 15.0 Å². The van der Waals surface area contributed by atoms with E-state index in [1.54, 1.807) is 6.92 Å². The van der Waals surface area contributed by atoms with Crippen LogP contribution in [0.5, 0.6) is 0 Å². The maximum Gasteiger partial charge on any atom is 0.222 e. The van der Waals surface area contributed by atoms with Gasteiger partial charge in [-0.05, 0) is 25.9 Å². The molecule has 1 aliphatic heterocycles. The van der Waals surface area contributed by atoms with Crippen LogP contribution in [0.2, 0.25) is 0 Å². The predicted molar refractivity (Wildman–Crippen MR) is 42.1 cm³/mol. The molecular weight excluding hydrogens is 144 g/mol. The highest BCUT2D eigenvalue weighted by Crippen LogP contribution is 2.08. The zero-order valence-corrected chi connectivity index (χ0v) is 6.82. The van der Waals surface area contributed by atoms with Gasteiger partial charge in [-0.15, -0.1) is 0 Å². The minimum absolute atomic E-state index is 0.210. The van der Waals surface area contributed by atoms with Crippen molar-refractivity contribution in [2.75, 3.05) is 19.6 Å². The van der Waals surface area contributed by atoms with Gasteiger partial charge in [0.25, 0.3) is 0 Å². The smallest absolute Gasteiger partial charge is 0.222 e. The van der Waals surface area contributed by atoms with Crippen LogP contribution in [0.4, 0.5) is 0 Å². The Morgan fingerprint density at radius 3 is 2.55 bits per heavy atom. The predicted octanol–water partition coefficient (Wildman–Crippen LogP) is 0.747. The summed E-state index contributed by atoms with van der Waals surface area (Å²) in [5, 5.41) is 10.3. The van der Waals surface area contributed by atoms with E-state index < -0.39 is 6.04 Å². The SMILES string of the molecule is CC(CN1CCCC1)[N+](=O)[O-]. The largest absolute Gasteiger partial charge is 0.297 e. The fourth-order valence-electron chi connectivity index (χ4n) is 1.41. The number of hydrogen-bond donors (Lipinski definition) is 0. The lowest BCUT2D eigenvalue weighted by Crippen LogP contribution is -2.32. The molecule has 1 rings (SSSR count). The van der Waals surface area contributed by atoms with E-state index in [-0.39, 0.29) is 4.92 Å². The van der Waals surface area contributed by atoms with Crippen molar-refractivity contribution >= 4 is 0 Å². The summed E-state index contributed by atoms with van der Waals surface area (Å²) >= 11 is 0. The minimum Gasteiger partial charge on any atom is -0.297 e. The Bertz CT molecular complexity index is 143. The van der Waals surface area contributed by atoms with Gasteiger partial charge >= 0.3 is 0 Å². The summed E-state index contributed by atoms with van der Waals surface area (Å²) in [6, 6.07) is -0.409. The van der Waals surface area contributed by atoms with E-state index in [9.17, 15) is 10.1 Å². The van der Waals surface area contributed by atoms with Crippen molar-refractivity contribution in [1.82, 2.24) is 4.90 Å². The molecule has 0 aromatic rings. The molecule has 1 saturated heterocycles. The monoisotopic (exact) mass is 158 g/mol. The highest BCUT2D eigenvalue weighted by molar-refractivity contribution is 4.68. The van der Waals surface area contributed by atoms with Gasteiger partial charge in [-0.25, -0.2) is 0 Å². The fraction of sp³-hybridized carbons (Fsp3) is 1.00. The Hall–Kier alpha value is -0.640. The first kappa shape index (κ1) is 8.46. The highest BCUT2D eigenvalue weighted by atomic mass is 16.6. The molecule has 0 aliphatic carbocycles. The summed E-state index contributed by atoms with van der Waals surface area (Å²) < 4.78 is 0. The van der Waals surface area contributed by atoms with E-state index >= 15 is 0 Å². The highest BCUT2D eigenvalue weighted by Gasteiger charge is 2.20. The zero-order valence-electron chi connectivity index (χ0n) is 6.82. The molecule has 1 aliphatic rings. The van der Waals surface area contributed by atoms with E-state index in [1.807, 2.05) is 0 Å². The second kappa shape index (κ2) is 3.67. The molecule has 0 radical (unpaired) electrons. The third-order valence-corrected chi connectivity index (χ3v) is 2.08. The molecule has 0 N–H and O–H groups in total. The number of nitrogens with zero attached hydrogens (tertiary/aromatic N) is 2. The topological polar surface area (TPSA) is 46.4 Å². The first-order chi connectivity index (χ1) is 5.20. The van der Waals surface area contributed by atoms with Crippen LogP contribution in [0, 0.1) is 10.1 Å². The Morgan fingerprint density at radius 1 is 1.55 bits per heavy atom. The summed E-state index contributed by atoms with van der Waals surface area (Å²) in [5.41, 5.74) is 0. The van der Waals surface area contributed by atoms with Gasteiger partial charge in [0.15, 0.2) is 0 Å². The van der Waals surface area contributed by atoms with Crippen LogP contribution >= 0.6 is 0 Å². The Morgan fingerprint density at radius 2 is 2.09 bits per heavy atom. The average molecular weight is 158 g/mol. The lowest BCUT2D eigenvalue weighted by atomic mass is 10.3. The van der Waals surface area contributed by atoms with Crippen molar-refractivity contribution in [2.24, 2.45) is 0 Å². The molecular formula is C7H14N2O2. The third-order valence-electron chi connectivity index (χ3n) is 2.08. The zero-order chi connectivity index (χ0) is 8.27. The van der Waals surface area contributed by atoms with E-state index in [0.29, 0.717) is 6.54 Å². The minimum atomic E-state index is -0.409. The van der Waals surface area contributed by atoms with Gasteiger partial charge < -0.3 is 0 Å². The normalized spacial score (nSPS) is 21.9. The van der Waals surface area contributed by atoms with Crippen LogP contribution < -0.4 is 0 Å². The lowest BCUT2D eigenvalue weighted by molar-refractivity contribution is -0.518. The second-order valence-corrected chi connectivity index (χ2v) is 3.14. The summed E-state index contributed by atoms with van der Waals surface area (Å²) in [6.45, 7) is 4.36. The molecule has 1 atom stereocenters. The van der Waals surface area contributed by atoms with Crippen molar-refractivity contribution in [2.45, 2.75) is 25.8 Å². The average Bonchev–Trinajstić information content (AvgIpc) is 2.39. The Labute approximate surface area is 66.3 Å². The van der Waals surface area contributed by atoms with Crippen molar-refractivity contribution in [1.29, 1.82) is 0 Å². The number of hydrogen-bond acceptors (Lipinski definition) is 3. The van der Waals surface area contributed by atoms with E-state index in [0.717, 1.165) is 13.1 Å². The van der Waals surface area contributed by atoms with Crippen LogP contribution in [0.25, 0.3) is 0 Å². The van der Waals surface area contributed by atoms with E-state index in [1.165, 1.54) is 12.8 Å². The van der Waals surface area contributed by atoms with Gasteiger partial charge in [-0.2, -0.15) is 0 Å². The van der Waals surface area contributed by atoms with Crippen LogP contribution in [0.15, 0.2) is 0 Å². The second-order valence-electron chi connectivity index (χ2n) is 3.14. The summed E-state index contributed by atoms with van der Waals surface area (Å²) in [5.74, 6) is 0. The Kier molecular flexibility index (Phi) is 2.82. The standard InChI is InChI=1S/C7H14N2O2/c1-7(9(10)11)6-8-4-2-3-5-8/h7H,2-6H2,1H3. The number of rotatable bonds is 3. The van der Waals surface area contributed by atoms with Gasteiger partial charge in [-0.1, -0.05) is 0 Å². The fourth-order valence-corrected chi connectivity index (χ4v) is 1.41. The summed E-state index contributed by atoms with van der Waals surface area (Å²) in [6.07, 6.45) is 2.40. The lowest BCUT2D eigenvalue weighted by Gasteiger charge is -2.14. The van der Waals surface area contributed by atoms with E-state index in [2.05, 4.69) is 4.90 Å². The molecule has 0 aromatic heterocycles. The molecule has 0 amide bonds. The van der Waals surface area contributed by atoms with Gasteiger partial charge in [0, 0.05) is 11.8 Å². The van der Waals surface area contributed by atoms with Gasteiger partial charge in [0.2, 0.25) is 6.04 Å². The van der Waals surface area contributed by atoms with Gasteiger partial charge in [0.1, 0.15) is 0 Å². The Balaban J connectivity index is 2.23. The molecule has 11 heavy (non-hydrogen) atoms. The van der Waals surface area contributed by atoms with Crippen LogP contribution in [0.1, 0.15) is 19.8 Å². The molecule has 4 heteroatoms. The number of likely N-dealkylation sites (tertiary alicyclic amines) is 1. The molecule has 0 aromatic carbocycles.